The molecule has 1 unspecified atom stereocenters. The molecule has 2 aromatic carbocycles. The maximum absolute atomic E-state index is 12.5. The molecule has 0 saturated carbocycles. The molecular formula is C24H25F3N4O7. The molecule has 3 aromatic rings. The number of nitrogens with one attached hydrogen (secondary N) is 1. The summed E-state index contributed by atoms with van der Waals surface area (Å²) in [6.07, 6.45) is -6.66. The zero-order chi connectivity index (χ0) is 27.3. The molecule has 0 aliphatic carbocycles. The van der Waals surface area contributed by atoms with E-state index < -0.39 is 31.0 Å². The van der Waals surface area contributed by atoms with Crippen LogP contribution in [0.2, 0.25) is 0 Å². The molecule has 0 radical (unpaired) electrons. The fourth-order valence-corrected chi connectivity index (χ4v) is 3.86. The van der Waals surface area contributed by atoms with Crippen molar-refractivity contribution < 1.29 is 46.4 Å². The topological polar surface area (TPSA) is 115 Å². The van der Waals surface area contributed by atoms with E-state index in [0.717, 1.165) is 0 Å². The summed E-state index contributed by atoms with van der Waals surface area (Å²) in [7, 11) is 4.49. The fraction of sp³-hybridized carbons (Fsp3) is 0.375. The van der Waals surface area contributed by atoms with E-state index in [4.69, 9.17) is 23.7 Å². The molecule has 1 saturated heterocycles. The van der Waals surface area contributed by atoms with E-state index in [0.29, 0.717) is 22.8 Å². The van der Waals surface area contributed by atoms with Crippen LogP contribution in [-0.2, 0) is 23.7 Å². The van der Waals surface area contributed by atoms with Crippen LogP contribution in [0.15, 0.2) is 54.9 Å². The molecule has 38 heavy (non-hydrogen) atoms. The van der Waals surface area contributed by atoms with E-state index in [1.807, 2.05) is 0 Å². The molecule has 1 aliphatic rings. The quantitative estimate of drug-likeness (QED) is 0.458. The van der Waals surface area contributed by atoms with Gasteiger partial charge in [-0.05, 0) is 48.5 Å². The van der Waals surface area contributed by atoms with Gasteiger partial charge in [-0.3, -0.25) is 5.32 Å². The van der Waals surface area contributed by atoms with Gasteiger partial charge in [0.2, 0.25) is 6.29 Å². The third kappa shape index (κ3) is 6.58. The molecule has 11 nitrogen and oxygen atoms in total. The molecule has 0 bridgehead atoms. The second kappa shape index (κ2) is 11.8. The third-order valence-electron chi connectivity index (χ3n) is 5.67. The first-order valence-electron chi connectivity index (χ1n) is 11.3. The van der Waals surface area contributed by atoms with Crippen molar-refractivity contribution in [2.45, 2.75) is 31.0 Å². The predicted molar refractivity (Wildman–Crippen MR) is 126 cm³/mol. The summed E-state index contributed by atoms with van der Waals surface area (Å²) in [5.74, 6) is 0.0280. The average molecular weight is 538 g/mol. The van der Waals surface area contributed by atoms with Crippen LogP contribution < -0.4 is 10.1 Å². The summed E-state index contributed by atoms with van der Waals surface area (Å²) in [6, 6.07) is 11.9. The summed E-state index contributed by atoms with van der Waals surface area (Å²) in [6.45, 7) is 0.159. The van der Waals surface area contributed by atoms with Gasteiger partial charge in [-0.25, -0.2) is 14.5 Å². The molecule has 1 amide bonds. The molecule has 1 N–H and O–H groups in total. The van der Waals surface area contributed by atoms with Crippen molar-refractivity contribution in [3.63, 3.8) is 0 Å². The lowest BCUT2D eigenvalue weighted by molar-refractivity contribution is -0.274. The number of alkyl halides is 3. The number of methoxy groups -OCH3 is 3. The summed E-state index contributed by atoms with van der Waals surface area (Å²) in [5, 5.41) is 6.96. The number of nitrogens with zero attached hydrogens (tertiary/aromatic N) is 3. The van der Waals surface area contributed by atoms with Gasteiger partial charge in [0.15, 0.2) is 5.82 Å². The Balaban J connectivity index is 1.36. The standard InChI is InChI=1S/C24H25F3N4O7/c1-33-18-12-36-22(20(35-3)19(18)34-2)37-23(32)29-15-6-4-14(5-7-15)21-28-13-31(30-21)16-8-10-17(11-9-16)38-24(25,26)27/h4-11,13,18-20,22H,12H2,1-3H3,(H,29,32)/t18-,19+,20-,22?/m0/s1. The largest absolute Gasteiger partial charge is 0.573 e. The highest BCUT2D eigenvalue weighted by molar-refractivity contribution is 5.85. The van der Waals surface area contributed by atoms with Gasteiger partial charge in [0.25, 0.3) is 0 Å². The minimum absolute atomic E-state index is 0.159. The number of ether oxygens (including phenoxy) is 6. The molecule has 4 atom stereocenters. The van der Waals surface area contributed by atoms with Crippen molar-refractivity contribution >= 4 is 11.8 Å². The summed E-state index contributed by atoms with van der Waals surface area (Å²) in [5.41, 5.74) is 1.58. The number of hydrogen-bond acceptors (Lipinski definition) is 9. The van der Waals surface area contributed by atoms with Gasteiger partial charge in [0.1, 0.15) is 30.4 Å². The normalized spacial score (nSPS) is 21.6. The summed E-state index contributed by atoms with van der Waals surface area (Å²) in [4.78, 5) is 16.7. The molecule has 14 heteroatoms. The van der Waals surface area contributed by atoms with E-state index in [1.165, 1.54) is 56.6 Å². The van der Waals surface area contributed by atoms with Crippen molar-refractivity contribution in [3.05, 3.63) is 54.9 Å². The first-order chi connectivity index (χ1) is 18.2. The van der Waals surface area contributed by atoms with Gasteiger partial charge in [-0.2, -0.15) is 0 Å². The van der Waals surface area contributed by atoms with E-state index in [9.17, 15) is 18.0 Å². The molecule has 1 fully saturated rings. The molecule has 0 spiro atoms. The Hall–Kier alpha value is -3.72. The Labute approximate surface area is 215 Å². The van der Waals surface area contributed by atoms with Crippen molar-refractivity contribution in [3.8, 4) is 22.8 Å². The third-order valence-corrected chi connectivity index (χ3v) is 5.67. The number of amides is 1. The first-order valence-corrected chi connectivity index (χ1v) is 11.3. The van der Waals surface area contributed by atoms with Gasteiger partial charge >= 0.3 is 12.5 Å². The number of rotatable bonds is 8. The number of anilines is 1. The Morgan fingerprint density at radius 1 is 1.00 bits per heavy atom. The van der Waals surface area contributed by atoms with Crippen molar-refractivity contribution in [1.29, 1.82) is 0 Å². The van der Waals surface area contributed by atoms with Gasteiger partial charge in [0.05, 0.1) is 12.3 Å². The minimum Gasteiger partial charge on any atom is -0.416 e. The lowest BCUT2D eigenvalue weighted by Crippen LogP contribution is -2.56. The van der Waals surface area contributed by atoms with Crippen molar-refractivity contribution in [1.82, 2.24) is 14.8 Å². The van der Waals surface area contributed by atoms with Gasteiger partial charge in [-0.15, -0.1) is 18.3 Å². The lowest BCUT2D eigenvalue weighted by atomic mass is 10.0. The predicted octanol–water partition coefficient (Wildman–Crippen LogP) is 3.78. The zero-order valence-corrected chi connectivity index (χ0v) is 20.5. The van der Waals surface area contributed by atoms with Crippen LogP contribution in [-0.4, -0.2) is 79.8 Å². The lowest BCUT2D eigenvalue weighted by Gasteiger charge is -2.39. The molecule has 2 heterocycles. The number of benzene rings is 2. The van der Waals surface area contributed by atoms with Crippen LogP contribution in [0.3, 0.4) is 0 Å². The first kappa shape index (κ1) is 27.3. The highest BCUT2D eigenvalue weighted by Gasteiger charge is 2.43. The van der Waals surface area contributed by atoms with Crippen LogP contribution in [0.5, 0.6) is 5.75 Å². The number of carbonyl (C=O) groups is 1. The molecule has 1 aliphatic heterocycles. The van der Waals surface area contributed by atoms with E-state index in [2.05, 4.69) is 20.1 Å². The Kier molecular flexibility index (Phi) is 8.46. The van der Waals surface area contributed by atoms with Crippen LogP contribution in [0.4, 0.5) is 23.7 Å². The SMILES string of the molecule is CO[C@@H]1[C@@H](OC)COC(OC(=O)Nc2ccc(-c3ncn(-c4ccc(OC(F)(F)F)cc4)n3)cc2)[C@H]1OC. The second-order valence-corrected chi connectivity index (χ2v) is 8.04. The second-order valence-electron chi connectivity index (χ2n) is 8.04. The van der Waals surface area contributed by atoms with Crippen LogP contribution >= 0.6 is 0 Å². The van der Waals surface area contributed by atoms with E-state index >= 15 is 0 Å². The monoisotopic (exact) mass is 538 g/mol. The van der Waals surface area contributed by atoms with Crippen LogP contribution in [0, 0.1) is 0 Å². The fourth-order valence-electron chi connectivity index (χ4n) is 3.86. The van der Waals surface area contributed by atoms with E-state index in [1.54, 1.807) is 24.3 Å². The maximum Gasteiger partial charge on any atom is 0.573 e. The van der Waals surface area contributed by atoms with Gasteiger partial charge in [0, 0.05) is 32.6 Å². The molecular weight excluding hydrogens is 513 g/mol. The van der Waals surface area contributed by atoms with Crippen LogP contribution in [0.1, 0.15) is 0 Å². The van der Waals surface area contributed by atoms with Crippen molar-refractivity contribution in [2.24, 2.45) is 0 Å². The van der Waals surface area contributed by atoms with Gasteiger partial charge < -0.3 is 28.4 Å². The van der Waals surface area contributed by atoms with Crippen LogP contribution in [0.25, 0.3) is 17.1 Å². The van der Waals surface area contributed by atoms with E-state index in [-0.39, 0.29) is 18.5 Å². The van der Waals surface area contributed by atoms with Gasteiger partial charge in [-0.1, -0.05) is 0 Å². The zero-order valence-electron chi connectivity index (χ0n) is 20.5. The minimum atomic E-state index is -4.77. The van der Waals surface area contributed by atoms with Crippen molar-refractivity contribution in [2.75, 3.05) is 33.3 Å². The molecule has 4 rings (SSSR count). The highest BCUT2D eigenvalue weighted by Crippen LogP contribution is 2.26. The Morgan fingerprint density at radius 3 is 2.29 bits per heavy atom. The Morgan fingerprint density at radius 2 is 1.68 bits per heavy atom. The molecule has 1 aromatic heterocycles. The number of halogens is 3. The molecule has 204 valence electrons. The highest BCUT2D eigenvalue weighted by atomic mass is 19.4. The number of hydrogen-bond donors (Lipinski definition) is 1. The maximum atomic E-state index is 12.5. The summed E-state index contributed by atoms with van der Waals surface area (Å²) < 4.78 is 69.5. The number of carbonyl (C=O) groups excluding carboxylic acids is 1. The average Bonchev–Trinajstić information content (AvgIpc) is 3.38. The smallest absolute Gasteiger partial charge is 0.416 e. The Bertz CT molecular complexity index is 1200. The number of aromatic nitrogens is 3. The summed E-state index contributed by atoms with van der Waals surface area (Å²) >= 11 is 0.